The van der Waals surface area contributed by atoms with Gasteiger partial charge >= 0.3 is 0 Å². The Bertz CT molecular complexity index is 1080. The van der Waals surface area contributed by atoms with Gasteiger partial charge in [-0.1, -0.05) is 23.7 Å². The zero-order valence-corrected chi connectivity index (χ0v) is 15.3. The van der Waals surface area contributed by atoms with Crippen LogP contribution in [0.1, 0.15) is 33.6 Å². The third-order valence-electron chi connectivity index (χ3n) is 5.10. The lowest BCUT2D eigenvalue weighted by atomic mass is 10.1. The standard InChI is InChI=1S/C21H17ClN2O3/c22-20-14-2-1-3-16(14)24-17-9-13(5-6-15(17)20)21(25)23-10-12-4-7-18-19(8-12)27-11-26-18/h4-9H,1-3,10-11H2,(H,23,25). The van der Waals surface area contributed by atoms with Crippen molar-refractivity contribution in [3.8, 4) is 11.5 Å². The molecule has 0 atom stereocenters. The summed E-state index contributed by atoms with van der Waals surface area (Å²) in [5.74, 6) is 1.29. The monoisotopic (exact) mass is 380 g/mol. The molecule has 2 heterocycles. The minimum Gasteiger partial charge on any atom is -0.454 e. The first-order valence-electron chi connectivity index (χ1n) is 8.97. The molecular formula is C21H17ClN2O3. The summed E-state index contributed by atoms with van der Waals surface area (Å²) in [6.45, 7) is 0.646. The smallest absolute Gasteiger partial charge is 0.251 e. The molecule has 6 heteroatoms. The van der Waals surface area contributed by atoms with E-state index in [1.807, 2.05) is 30.3 Å². The summed E-state index contributed by atoms with van der Waals surface area (Å²) in [6.07, 6.45) is 3.02. The van der Waals surface area contributed by atoms with Crippen LogP contribution in [0, 0.1) is 0 Å². The summed E-state index contributed by atoms with van der Waals surface area (Å²) in [4.78, 5) is 17.3. The van der Waals surface area contributed by atoms with Crippen LogP contribution < -0.4 is 14.8 Å². The fourth-order valence-electron chi connectivity index (χ4n) is 3.68. The summed E-state index contributed by atoms with van der Waals surface area (Å²) < 4.78 is 10.7. The molecule has 1 N–H and O–H groups in total. The summed E-state index contributed by atoms with van der Waals surface area (Å²) in [7, 11) is 0. The SMILES string of the molecule is O=C(NCc1ccc2c(c1)OCO2)c1ccc2c(Cl)c3c(nc2c1)CCC3. The van der Waals surface area contributed by atoms with Crippen molar-refractivity contribution in [2.75, 3.05) is 6.79 Å². The highest BCUT2D eigenvalue weighted by atomic mass is 35.5. The molecule has 5 nitrogen and oxygen atoms in total. The second-order valence-electron chi connectivity index (χ2n) is 6.81. The fraction of sp³-hybridized carbons (Fsp3) is 0.238. The van der Waals surface area contributed by atoms with E-state index in [1.54, 1.807) is 6.07 Å². The van der Waals surface area contributed by atoms with Crippen LogP contribution in [0.4, 0.5) is 0 Å². The number of carbonyl (C=O) groups is 1. The van der Waals surface area contributed by atoms with Crippen molar-refractivity contribution in [3.05, 3.63) is 63.8 Å². The maximum atomic E-state index is 12.6. The summed E-state index contributed by atoms with van der Waals surface area (Å²) in [6, 6.07) is 11.2. The Morgan fingerprint density at radius 3 is 2.93 bits per heavy atom. The number of hydrogen-bond donors (Lipinski definition) is 1. The van der Waals surface area contributed by atoms with Gasteiger partial charge in [0, 0.05) is 23.2 Å². The average Bonchev–Trinajstić information content (AvgIpc) is 3.34. The lowest BCUT2D eigenvalue weighted by Crippen LogP contribution is -2.22. The van der Waals surface area contributed by atoms with Gasteiger partial charge < -0.3 is 14.8 Å². The molecule has 27 heavy (non-hydrogen) atoms. The van der Waals surface area contributed by atoms with E-state index in [2.05, 4.69) is 5.32 Å². The number of fused-ring (bicyclic) bond motifs is 3. The van der Waals surface area contributed by atoms with Crippen molar-refractivity contribution in [2.24, 2.45) is 0 Å². The predicted molar refractivity (Wildman–Crippen MR) is 103 cm³/mol. The number of nitrogens with zero attached hydrogens (tertiary/aromatic N) is 1. The number of pyridine rings is 1. The first-order valence-corrected chi connectivity index (χ1v) is 9.34. The molecule has 3 aromatic rings. The number of carbonyl (C=O) groups excluding carboxylic acids is 1. The number of nitrogens with one attached hydrogen (secondary N) is 1. The van der Waals surface area contributed by atoms with Crippen LogP contribution in [0.2, 0.25) is 5.02 Å². The number of rotatable bonds is 3. The van der Waals surface area contributed by atoms with Gasteiger partial charge in [0.15, 0.2) is 11.5 Å². The Morgan fingerprint density at radius 1 is 1.11 bits per heavy atom. The van der Waals surface area contributed by atoms with Crippen LogP contribution in [-0.4, -0.2) is 17.7 Å². The maximum absolute atomic E-state index is 12.6. The molecule has 1 amide bonds. The Morgan fingerprint density at radius 2 is 2.00 bits per heavy atom. The lowest BCUT2D eigenvalue weighted by Gasteiger charge is -2.09. The van der Waals surface area contributed by atoms with Gasteiger partial charge in [-0.05, 0) is 54.7 Å². The van der Waals surface area contributed by atoms with Crippen LogP contribution in [0.5, 0.6) is 11.5 Å². The third kappa shape index (κ3) is 2.88. The van der Waals surface area contributed by atoms with Crippen LogP contribution in [-0.2, 0) is 19.4 Å². The number of hydrogen-bond acceptors (Lipinski definition) is 4. The van der Waals surface area contributed by atoms with Gasteiger partial charge in [0.05, 0.1) is 10.5 Å². The fourth-order valence-corrected chi connectivity index (χ4v) is 4.05. The Kier molecular flexibility index (Phi) is 3.90. The molecule has 5 rings (SSSR count). The molecule has 0 fully saturated rings. The van der Waals surface area contributed by atoms with Crippen molar-refractivity contribution in [2.45, 2.75) is 25.8 Å². The number of aromatic nitrogens is 1. The number of halogens is 1. The van der Waals surface area contributed by atoms with Crippen LogP contribution >= 0.6 is 11.6 Å². The summed E-state index contributed by atoms with van der Waals surface area (Å²) in [5.41, 5.74) is 4.52. The number of ether oxygens (including phenoxy) is 2. The van der Waals surface area contributed by atoms with Crippen LogP contribution in [0.3, 0.4) is 0 Å². The lowest BCUT2D eigenvalue weighted by molar-refractivity contribution is 0.0951. The van der Waals surface area contributed by atoms with E-state index in [4.69, 9.17) is 26.1 Å². The van der Waals surface area contributed by atoms with E-state index in [9.17, 15) is 4.79 Å². The van der Waals surface area contributed by atoms with E-state index in [-0.39, 0.29) is 12.7 Å². The molecule has 0 radical (unpaired) electrons. The van der Waals surface area contributed by atoms with Crippen molar-refractivity contribution in [3.63, 3.8) is 0 Å². The minimum absolute atomic E-state index is 0.145. The van der Waals surface area contributed by atoms with E-state index in [0.717, 1.165) is 57.8 Å². The molecule has 2 aliphatic rings. The molecule has 1 aliphatic carbocycles. The zero-order chi connectivity index (χ0) is 18.4. The topological polar surface area (TPSA) is 60.5 Å². The maximum Gasteiger partial charge on any atom is 0.251 e. The number of benzene rings is 2. The number of aryl methyl sites for hydroxylation is 1. The normalized spacial score (nSPS) is 14.4. The largest absolute Gasteiger partial charge is 0.454 e. The van der Waals surface area contributed by atoms with Crippen molar-refractivity contribution in [1.29, 1.82) is 0 Å². The van der Waals surface area contributed by atoms with E-state index in [1.165, 1.54) is 0 Å². The Labute approximate surface area is 161 Å². The van der Waals surface area contributed by atoms with E-state index in [0.29, 0.717) is 17.9 Å². The van der Waals surface area contributed by atoms with E-state index >= 15 is 0 Å². The third-order valence-corrected chi connectivity index (χ3v) is 5.53. The quantitative estimate of drug-likeness (QED) is 0.745. The number of amides is 1. The minimum atomic E-state index is -0.145. The van der Waals surface area contributed by atoms with Crippen molar-refractivity contribution in [1.82, 2.24) is 10.3 Å². The van der Waals surface area contributed by atoms with Crippen LogP contribution in [0.15, 0.2) is 36.4 Å². The second kappa shape index (κ2) is 6.43. The first-order chi connectivity index (χ1) is 13.2. The highest BCUT2D eigenvalue weighted by Gasteiger charge is 2.19. The van der Waals surface area contributed by atoms with Gasteiger partial charge in [0.1, 0.15) is 0 Å². The molecule has 0 unspecified atom stereocenters. The Balaban J connectivity index is 1.37. The van der Waals surface area contributed by atoms with Gasteiger partial charge in [-0.15, -0.1) is 0 Å². The molecule has 136 valence electrons. The first kappa shape index (κ1) is 16.4. The molecule has 1 aromatic heterocycles. The second-order valence-corrected chi connectivity index (χ2v) is 7.18. The molecule has 0 bridgehead atoms. The highest BCUT2D eigenvalue weighted by Crippen LogP contribution is 2.34. The van der Waals surface area contributed by atoms with Crippen molar-refractivity contribution < 1.29 is 14.3 Å². The summed E-state index contributed by atoms with van der Waals surface area (Å²) >= 11 is 6.54. The highest BCUT2D eigenvalue weighted by molar-refractivity contribution is 6.36. The Hall–Kier alpha value is -2.79. The van der Waals surface area contributed by atoms with Crippen molar-refractivity contribution >= 4 is 28.4 Å². The molecule has 0 saturated heterocycles. The molecule has 1 aliphatic heterocycles. The van der Waals surface area contributed by atoms with E-state index < -0.39 is 0 Å². The van der Waals surface area contributed by atoms with Gasteiger partial charge in [0.2, 0.25) is 6.79 Å². The predicted octanol–water partition coefficient (Wildman–Crippen LogP) is 4.04. The molecule has 0 saturated carbocycles. The van der Waals surface area contributed by atoms with Crippen LogP contribution in [0.25, 0.3) is 10.9 Å². The van der Waals surface area contributed by atoms with Gasteiger partial charge in [0.25, 0.3) is 5.91 Å². The zero-order valence-electron chi connectivity index (χ0n) is 14.5. The van der Waals surface area contributed by atoms with Gasteiger partial charge in [-0.3, -0.25) is 9.78 Å². The van der Waals surface area contributed by atoms with Gasteiger partial charge in [-0.2, -0.15) is 0 Å². The molecule has 2 aromatic carbocycles. The van der Waals surface area contributed by atoms with Gasteiger partial charge in [-0.25, -0.2) is 0 Å². The average molecular weight is 381 g/mol. The molecule has 0 spiro atoms. The molecular weight excluding hydrogens is 364 g/mol. The summed E-state index contributed by atoms with van der Waals surface area (Å²) in [5, 5.41) is 4.63.